The van der Waals surface area contributed by atoms with E-state index in [-0.39, 0.29) is 0 Å². The topological polar surface area (TPSA) is 0 Å². The van der Waals surface area contributed by atoms with Crippen molar-refractivity contribution in [3.8, 4) is 0 Å². The lowest BCUT2D eigenvalue weighted by Crippen LogP contribution is -2.22. The molecule has 82 valence electrons. The van der Waals surface area contributed by atoms with E-state index in [0.717, 1.165) is 0 Å². The van der Waals surface area contributed by atoms with E-state index in [2.05, 4.69) is 37.3 Å². The molecule has 0 radical (unpaired) electrons. The van der Waals surface area contributed by atoms with Crippen LogP contribution in [0.25, 0.3) is 0 Å². The highest BCUT2D eigenvalue weighted by Gasteiger charge is 2.26. The molecule has 0 N–H and O–H groups in total. The van der Waals surface area contributed by atoms with Gasteiger partial charge in [0.25, 0.3) is 0 Å². The zero-order valence-corrected chi connectivity index (χ0v) is 9.84. The van der Waals surface area contributed by atoms with Gasteiger partial charge in [-0.25, -0.2) is 0 Å². The maximum Gasteiger partial charge on any atom is -0.00753 e. The van der Waals surface area contributed by atoms with Gasteiger partial charge in [-0.05, 0) is 23.8 Å². The predicted molar refractivity (Wildman–Crippen MR) is 66.1 cm³/mol. The van der Waals surface area contributed by atoms with Crippen LogP contribution in [0.2, 0.25) is 0 Å². The van der Waals surface area contributed by atoms with Crippen LogP contribution in [0.15, 0.2) is 30.3 Å². The standard InChI is InChI=1S/C15H22/c1-15(14-10-6-5-7-11-14)12-8-3-2-4-9-13-15/h5-7,10-11H,2-4,8-9,12-13H2,1H3. The molecule has 0 nitrogen and oxygen atoms in total. The van der Waals surface area contributed by atoms with Crippen molar-refractivity contribution >= 4 is 0 Å². The Bertz CT molecular complexity index is 278. The van der Waals surface area contributed by atoms with Gasteiger partial charge in [-0.2, -0.15) is 0 Å². The molecule has 15 heavy (non-hydrogen) atoms. The van der Waals surface area contributed by atoms with Gasteiger partial charge in [0.15, 0.2) is 0 Å². The summed E-state index contributed by atoms with van der Waals surface area (Å²) in [6.45, 7) is 2.45. The monoisotopic (exact) mass is 202 g/mol. The van der Waals surface area contributed by atoms with E-state index in [1.165, 1.54) is 44.9 Å². The van der Waals surface area contributed by atoms with E-state index in [4.69, 9.17) is 0 Å². The summed E-state index contributed by atoms with van der Waals surface area (Å²) in [6, 6.07) is 11.1. The summed E-state index contributed by atoms with van der Waals surface area (Å²) in [6.07, 6.45) is 9.88. The van der Waals surface area contributed by atoms with Crippen molar-refractivity contribution in [2.24, 2.45) is 0 Å². The summed E-state index contributed by atoms with van der Waals surface area (Å²) >= 11 is 0. The molecule has 0 unspecified atom stereocenters. The van der Waals surface area contributed by atoms with Gasteiger partial charge in [0, 0.05) is 0 Å². The maximum atomic E-state index is 2.45. The van der Waals surface area contributed by atoms with Crippen LogP contribution in [0.3, 0.4) is 0 Å². The average molecular weight is 202 g/mol. The van der Waals surface area contributed by atoms with Crippen LogP contribution in [-0.4, -0.2) is 0 Å². The molecule has 1 aromatic carbocycles. The Kier molecular flexibility index (Phi) is 3.45. The van der Waals surface area contributed by atoms with Crippen LogP contribution in [0.5, 0.6) is 0 Å². The lowest BCUT2D eigenvalue weighted by Gasteiger charge is -2.32. The van der Waals surface area contributed by atoms with Gasteiger partial charge in [0.2, 0.25) is 0 Å². The predicted octanol–water partition coefficient (Wildman–Crippen LogP) is 4.69. The van der Waals surface area contributed by atoms with Crippen LogP contribution in [-0.2, 0) is 5.41 Å². The Labute approximate surface area is 93.7 Å². The summed E-state index contributed by atoms with van der Waals surface area (Å²) < 4.78 is 0. The highest BCUT2D eigenvalue weighted by Crippen LogP contribution is 2.36. The zero-order chi connectivity index (χ0) is 10.6. The third-order valence-electron chi connectivity index (χ3n) is 3.93. The molecule has 1 saturated carbocycles. The van der Waals surface area contributed by atoms with Crippen molar-refractivity contribution < 1.29 is 0 Å². The number of rotatable bonds is 1. The van der Waals surface area contributed by atoms with Crippen molar-refractivity contribution in [3.63, 3.8) is 0 Å². The number of hydrogen-bond donors (Lipinski definition) is 0. The van der Waals surface area contributed by atoms with Crippen molar-refractivity contribution in [2.75, 3.05) is 0 Å². The summed E-state index contributed by atoms with van der Waals surface area (Å²) in [5, 5.41) is 0. The van der Waals surface area contributed by atoms with Gasteiger partial charge in [-0.3, -0.25) is 0 Å². The molecule has 0 amide bonds. The molecule has 1 aliphatic rings. The van der Waals surface area contributed by atoms with E-state index in [9.17, 15) is 0 Å². The molecule has 0 aliphatic heterocycles. The Morgan fingerprint density at radius 2 is 1.33 bits per heavy atom. The minimum absolute atomic E-state index is 0.446. The minimum Gasteiger partial charge on any atom is -0.0622 e. The normalized spacial score (nSPS) is 21.7. The highest BCUT2D eigenvalue weighted by atomic mass is 14.3. The molecule has 0 heterocycles. The molecular weight excluding hydrogens is 180 g/mol. The van der Waals surface area contributed by atoms with Crippen molar-refractivity contribution in [1.29, 1.82) is 0 Å². The molecule has 0 bridgehead atoms. The molecule has 1 fully saturated rings. The van der Waals surface area contributed by atoms with E-state index >= 15 is 0 Å². The summed E-state index contributed by atoms with van der Waals surface area (Å²) in [7, 11) is 0. The average Bonchev–Trinajstić information content (AvgIpc) is 2.25. The van der Waals surface area contributed by atoms with Gasteiger partial charge in [0.05, 0.1) is 0 Å². The summed E-state index contributed by atoms with van der Waals surface area (Å²) in [5.74, 6) is 0. The summed E-state index contributed by atoms with van der Waals surface area (Å²) in [5.41, 5.74) is 1.99. The van der Waals surface area contributed by atoms with Crippen molar-refractivity contribution in [2.45, 2.75) is 57.3 Å². The van der Waals surface area contributed by atoms with Gasteiger partial charge < -0.3 is 0 Å². The van der Waals surface area contributed by atoms with E-state index < -0.39 is 0 Å². The second-order valence-corrected chi connectivity index (χ2v) is 5.19. The van der Waals surface area contributed by atoms with Gasteiger partial charge in [0.1, 0.15) is 0 Å². The molecule has 0 atom stereocenters. The first-order valence-electron chi connectivity index (χ1n) is 6.37. The zero-order valence-electron chi connectivity index (χ0n) is 9.84. The van der Waals surface area contributed by atoms with Gasteiger partial charge in [-0.1, -0.05) is 69.4 Å². The highest BCUT2D eigenvalue weighted by molar-refractivity contribution is 5.24. The van der Waals surface area contributed by atoms with Crippen LogP contribution < -0.4 is 0 Å². The lowest BCUT2D eigenvalue weighted by molar-refractivity contribution is 0.341. The molecule has 0 spiro atoms. The fraction of sp³-hybridized carbons (Fsp3) is 0.600. The first kappa shape index (κ1) is 10.7. The number of hydrogen-bond acceptors (Lipinski definition) is 0. The third kappa shape index (κ3) is 2.62. The van der Waals surface area contributed by atoms with Gasteiger partial charge >= 0.3 is 0 Å². The minimum atomic E-state index is 0.446. The van der Waals surface area contributed by atoms with Gasteiger partial charge in [-0.15, -0.1) is 0 Å². The Balaban J connectivity index is 2.15. The maximum absolute atomic E-state index is 2.45. The molecule has 0 aromatic heterocycles. The molecule has 0 heteroatoms. The number of benzene rings is 1. The summed E-state index contributed by atoms with van der Waals surface area (Å²) in [4.78, 5) is 0. The van der Waals surface area contributed by atoms with Crippen LogP contribution in [0, 0.1) is 0 Å². The third-order valence-corrected chi connectivity index (χ3v) is 3.93. The van der Waals surface area contributed by atoms with E-state index in [1.54, 1.807) is 5.56 Å². The smallest absolute Gasteiger partial charge is 0.00753 e. The molecule has 1 aromatic rings. The molecule has 1 aliphatic carbocycles. The first-order chi connectivity index (χ1) is 7.31. The van der Waals surface area contributed by atoms with E-state index in [0.29, 0.717) is 5.41 Å². The van der Waals surface area contributed by atoms with Crippen LogP contribution >= 0.6 is 0 Å². The second kappa shape index (κ2) is 4.83. The lowest BCUT2D eigenvalue weighted by atomic mass is 9.73. The van der Waals surface area contributed by atoms with Crippen LogP contribution in [0.1, 0.15) is 57.4 Å². The van der Waals surface area contributed by atoms with E-state index in [1.807, 2.05) is 0 Å². The Morgan fingerprint density at radius 1 is 0.800 bits per heavy atom. The molecule has 0 saturated heterocycles. The fourth-order valence-electron chi connectivity index (χ4n) is 2.81. The van der Waals surface area contributed by atoms with Crippen LogP contribution in [0.4, 0.5) is 0 Å². The van der Waals surface area contributed by atoms with Crippen molar-refractivity contribution in [3.05, 3.63) is 35.9 Å². The first-order valence-corrected chi connectivity index (χ1v) is 6.37. The second-order valence-electron chi connectivity index (χ2n) is 5.19. The fourth-order valence-corrected chi connectivity index (χ4v) is 2.81. The molecule has 2 rings (SSSR count). The van der Waals surface area contributed by atoms with Crippen molar-refractivity contribution in [1.82, 2.24) is 0 Å². The quantitative estimate of drug-likeness (QED) is 0.620. The largest absolute Gasteiger partial charge is 0.0622 e. The Hall–Kier alpha value is -0.780. The molecular formula is C15H22. The Morgan fingerprint density at radius 3 is 1.93 bits per heavy atom. The SMILES string of the molecule is CC1(c2ccccc2)CCCCCCC1.